The Morgan fingerprint density at radius 2 is 2.24 bits per heavy atom. The largest absolute Gasteiger partial charge is 0.375 e. The Kier molecular flexibility index (Phi) is 3.25. The fourth-order valence-corrected chi connectivity index (χ4v) is 3.73. The van der Waals surface area contributed by atoms with Crippen LogP contribution in [0.25, 0.3) is 0 Å². The second-order valence-electron chi connectivity index (χ2n) is 6.72. The predicted octanol–water partition coefficient (Wildman–Crippen LogP) is 2.28. The third-order valence-electron chi connectivity index (χ3n) is 5.21. The van der Waals surface area contributed by atoms with Gasteiger partial charge in [-0.2, -0.15) is 0 Å². The third-order valence-corrected chi connectivity index (χ3v) is 5.21. The van der Waals surface area contributed by atoms with Gasteiger partial charge >= 0.3 is 0 Å². The quantitative estimate of drug-likeness (QED) is 0.857. The van der Waals surface area contributed by atoms with Crippen LogP contribution in [-0.4, -0.2) is 39.1 Å². The van der Waals surface area contributed by atoms with E-state index in [1.54, 1.807) is 0 Å². The monoisotopic (exact) mass is 289 g/mol. The zero-order chi connectivity index (χ0) is 14.3. The summed E-state index contributed by atoms with van der Waals surface area (Å²) < 4.78 is 8.22. The van der Waals surface area contributed by atoms with Gasteiger partial charge in [-0.3, -0.25) is 4.79 Å². The Balaban J connectivity index is 1.46. The minimum absolute atomic E-state index is 0.0128. The summed E-state index contributed by atoms with van der Waals surface area (Å²) in [6, 6.07) is 0.620. The second-order valence-corrected chi connectivity index (χ2v) is 6.72. The van der Waals surface area contributed by atoms with Crippen molar-refractivity contribution in [2.24, 2.45) is 0 Å². The summed E-state index contributed by atoms with van der Waals surface area (Å²) in [6.45, 7) is 2.38. The van der Waals surface area contributed by atoms with Gasteiger partial charge in [-0.1, -0.05) is 0 Å². The molecule has 0 aromatic carbocycles. The highest BCUT2D eigenvalue weighted by atomic mass is 16.5. The average molecular weight is 289 g/mol. The highest BCUT2D eigenvalue weighted by Gasteiger charge is 2.38. The van der Waals surface area contributed by atoms with E-state index >= 15 is 0 Å². The molecule has 0 radical (unpaired) electrons. The van der Waals surface area contributed by atoms with Crippen LogP contribution in [0.1, 0.15) is 56.7 Å². The van der Waals surface area contributed by atoms with E-state index in [-0.39, 0.29) is 11.5 Å². The summed E-state index contributed by atoms with van der Waals surface area (Å²) in [5.74, 6) is 0.269. The number of hydrogen-bond donors (Lipinski definition) is 0. The zero-order valence-corrected chi connectivity index (χ0v) is 12.5. The zero-order valence-electron chi connectivity index (χ0n) is 12.5. The molecule has 4 rings (SSSR count). The molecule has 3 fully saturated rings. The molecule has 1 saturated carbocycles. The van der Waals surface area contributed by atoms with Crippen molar-refractivity contribution in [1.82, 2.24) is 14.5 Å². The topological polar surface area (TPSA) is 47.4 Å². The summed E-state index contributed by atoms with van der Waals surface area (Å²) in [5.41, 5.74) is 1.16. The van der Waals surface area contributed by atoms with Gasteiger partial charge in [0.25, 0.3) is 0 Å². The van der Waals surface area contributed by atoms with Crippen LogP contribution < -0.4 is 0 Å². The number of hydrogen-bond acceptors (Lipinski definition) is 3. The summed E-state index contributed by atoms with van der Waals surface area (Å²) >= 11 is 0. The summed E-state index contributed by atoms with van der Waals surface area (Å²) in [7, 11) is 0. The molecule has 1 aromatic heterocycles. The van der Waals surface area contributed by atoms with Crippen molar-refractivity contribution in [1.29, 1.82) is 0 Å². The molecule has 0 N–H and O–H groups in total. The highest BCUT2D eigenvalue weighted by molar-refractivity contribution is 5.76. The molecule has 21 heavy (non-hydrogen) atoms. The molecular weight excluding hydrogens is 266 g/mol. The number of likely N-dealkylation sites (tertiary alicyclic amines) is 1. The van der Waals surface area contributed by atoms with Crippen LogP contribution >= 0.6 is 0 Å². The van der Waals surface area contributed by atoms with E-state index in [2.05, 4.69) is 9.55 Å². The normalized spacial score (nSPS) is 30.1. The summed E-state index contributed by atoms with van der Waals surface area (Å²) in [5, 5.41) is 0. The molecule has 1 aliphatic carbocycles. The molecular formula is C16H23N3O2. The Morgan fingerprint density at radius 3 is 3.00 bits per heavy atom. The van der Waals surface area contributed by atoms with Crippen LogP contribution in [0.15, 0.2) is 12.5 Å². The first-order chi connectivity index (χ1) is 10.3. The van der Waals surface area contributed by atoms with Gasteiger partial charge in [-0.15, -0.1) is 0 Å². The minimum atomic E-state index is -0.0128. The number of nitrogens with zero attached hydrogens (tertiary/aromatic N) is 3. The average Bonchev–Trinajstić information content (AvgIpc) is 3.09. The first-order valence-corrected chi connectivity index (χ1v) is 8.18. The number of imidazole rings is 1. The van der Waals surface area contributed by atoms with E-state index < -0.39 is 0 Å². The van der Waals surface area contributed by atoms with Crippen molar-refractivity contribution < 1.29 is 9.53 Å². The maximum atomic E-state index is 12.4. The van der Waals surface area contributed by atoms with Crippen molar-refractivity contribution in [3.8, 4) is 0 Å². The molecule has 2 saturated heterocycles. The fraction of sp³-hybridized carbons (Fsp3) is 0.750. The first-order valence-electron chi connectivity index (χ1n) is 8.18. The van der Waals surface area contributed by atoms with Gasteiger partial charge in [0.05, 0.1) is 24.2 Å². The number of aromatic nitrogens is 2. The molecule has 114 valence electrons. The predicted molar refractivity (Wildman–Crippen MR) is 77.7 cm³/mol. The van der Waals surface area contributed by atoms with Gasteiger partial charge in [0.1, 0.15) is 0 Å². The van der Waals surface area contributed by atoms with Crippen LogP contribution in [0.3, 0.4) is 0 Å². The number of rotatable bonds is 3. The SMILES string of the molecule is O=C1CC[C@]2(CCCO2)CCN1Cc1cncn1C1CC1. The molecule has 5 nitrogen and oxygen atoms in total. The van der Waals surface area contributed by atoms with Crippen molar-refractivity contribution in [3.05, 3.63) is 18.2 Å². The van der Waals surface area contributed by atoms with Crippen LogP contribution in [0, 0.1) is 0 Å². The molecule has 3 aliphatic rings. The molecule has 0 bridgehead atoms. The van der Waals surface area contributed by atoms with Gasteiger partial charge < -0.3 is 14.2 Å². The van der Waals surface area contributed by atoms with E-state index in [0.29, 0.717) is 19.0 Å². The third kappa shape index (κ3) is 2.59. The van der Waals surface area contributed by atoms with Crippen molar-refractivity contribution in [2.45, 2.75) is 63.1 Å². The molecule has 5 heteroatoms. The Hall–Kier alpha value is -1.36. The summed E-state index contributed by atoms with van der Waals surface area (Å²) in [4.78, 5) is 18.7. The van der Waals surface area contributed by atoms with Crippen LogP contribution in [0.4, 0.5) is 0 Å². The van der Waals surface area contributed by atoms with E-state index in [0.717, 1.165) is 38.8 Å². The van der Waals surface area contributed by atoms with Crippen molar-refractivity contribution in [3.63, 3.8) is 0 Å². The smallest absolute Gasteiger partial charge is 0.223 e. The van der Waals surface area contributed by atoms with E-state index in [1.807, 2.05) is 17.4 Å². The lowest BCUT2D eigenvalue weighted by atomic mass is 9.92. The molecule has 0 unspecified atom stereocenters. The molecule has 2 aliphatic heterocycles. The molecule has 3 heterocycles. The molecule has 1 atom stereocenters. The maximum absolute atomic E-state index is 12.4. The number of ether oxygens (including phenoxy) is 1. The highest BCUT2D eigenvalue weighted by Crippen LogP contribution is 2.37. The fourth-order valence-electron chi connectivity index (χ4n) is 3.73. The Morgan fingerprint density at radius 1 is 1.33 bits per heavy atom. The lowest BCUT2D eigenvalue weighted by molar-refractivity contribution is -0.131. The van der Waals surface area contributed by atoms with Gasteiger partial charge in [0, 0.05) is 31.8 Å². The molecule has 1 aromatic rings. The lowest BCUT2D eigenvalue weighted by Crippen LogP contribution is -2.32. The van der Waals surface area contributed by atoms with Gasteiger partial charge in [0.15, 0.2) is 0 Å². The standard InChI is InChI=1S/C16H23N3O2/c20-15-4-6-16(5-1-9-21-16)7-8-18(15)11-14-10-17-12-19(14)13-2-3-13/h10,12-13H,1-9,11H2/t16-/m1/s1. The van der Waals surface area contributed by atoms with Gasteiger partial charge in [0.2, 0.25) is 5.91 Å². The first kappa shape index (κ1) is 13.3. The maximum Gasteiger partial charge on any atom is 0.223 e. The van der Waals surface area contributed by atoms with Gasteiger partial charge in [-0.05, 0) is 38.5 Å². The summed E-state index contributed by atoms with van der Waals surface area (Å²) in [6.07, 6.45) is 11.1. The Bertz CT molecular complexity index is 529. The number of amides is 1. The van der Waals surface area contributed by atoms with E-state index in [9.17, 15) is 4.79 Å². The van der Waals surface area contributed by atoms with Crippen LogP contribution in [0.5, 0.6) is 0 Å². The Labute approximate surface area is 125 Å². The van der Waals surface area contributed by atoms with Crippen LogP contribution in [0.2, 0.25) is 0 Å². The van der Waals surface area contributed by atoms with Crippen LogP contribution in [-0.2, 0) is 16.1 Å². The van der Waals surface area contributed by atoms with Crippen molar-refractivity contribution in [2.75, 3.05) is 13.2 Å². The number of carbonyl (C=O) groups is 1. The minimum Gasteiger partial charge on any atom is -0.375 e. The van der Waals surface area contributed by atoms with Gasteiger partial charge in [-0.25, -0.2) is 4.98 Å². The lowest BCUT2D eigenvalue weighted by Gasteiger charge is -2.26. The van der Waals surface area contributed by atoms with Crippen molar-refractivity contribution >= 4 is 5.91 Å². The van der Waals surface area contributed by atoms with E-state index in [1.165, 1.54) is 18.5 Å². The second kappa shape index (κ2) is 5.13. The van der Waals surface area contributed by atoms with E-state index in [4.69, 9.17) is 4.74 Å². The molecule has 1 amide bonds. The molecule has 1 spiro atoms. The number of carbonyl (C=O) groups excluding carboxylic acids is 1.